The SMILES string of the molecule is COc1ccc(-c2nc(N)nc3c2CCCC3C)cc1. The molecule has 0 saturated carbocycles. The Hall–Kier alpha value is -2.10. The maximum Gasteiger partial charge on any atom is 0.220 e. The van der Waals surface area contributed by atoms with Crippen molar-refractivity contribution in [3.63, 3.8) is 0 Å². The Labute approximate surface area is 119 Å². The van der Waals surface area contributed by atoms with E-state index in [0.717, 1.165) is 29.1 Å². The van der Waals surface area contributed by atoms with Crippen molar-refractivity contribution in [3.05, 3.63) is 35.5 Å². The number of rotatable bonds is 2. The highest BCUT2D eigenvalue weighted by molar-refractivity contribution is 5.66. The first kappa shape index (κ1) is 12.9. The normalized spacial score (nSPS) is 17.6. The third kappa shape index (κ3) is 2.22. The summed E-state index contributed by atoms with van der Waals surface area (Å²) in [5.74, 6) is 1.67. The molecule has 0 aliphatic heterocycles. The topological polar surface area (TPSA) is 61.0 Å². The second-order valence-electron chi connectivity index (χ2n) is 5.32. The molecule has 1 aromatic carbocycles. The first-order valence-electron chi connectivity index (χ1n) is 6.99. The minimum atomic E-state index is 0.364. The first-order valence-corrected chi connectivity index (χ1v) is 6.99. The standard InChI is InChI=1S/C16H19N3O/c1-10-4-3-5-13-14(10)18-16(17)19-15(13)11-6-8-12(20-2)9-7-11/h6-10H,3-5H2,1-2H3,(H2,17,18,19). The van der Waals surface area contributed by atoms with Crippen LogP contribution >= 0.6 is 0 Å². The average molecular weight is 269 g/mol. The van der Waals surface area contributed by atoms with Gasteiger partial charge in [-0.1, -0.05) is 6.92 Å². The van der Waals surface area contributed by atoms with E-state index < -0.39 is 0 Å². The van der Waals surface area contributed by atoms with Crippen LogP contribution in [0.3, 0.4) is 0 Å². The first-order chi connectivity index (χ1) is 9.69. The number of methoxy groups -OCH3 is 1. The average Bonchev–Trinajstić information content (AvgIpc) is 2.48. The number of hydrogen-bond donors (Lipinski definition) is 1. The molecule has 0 fully saturated rings. The van der Waals surface area contributed by atoms with Crippen molar-refractivity contribution in [3.8, 4) is 17.0 Å². The monoisotopic (exact) mass is 269 g/mol. The molecule has 1 aliphatic rings. The van der Waals surface area contributed by atoms with Crippen molar-refractivity contribution >= 4 is 5.95 Å². The number of fused-ring (bicyclic) bond motifs is 1. The van der Waals surface area contributed by atoms with Crippen LogP contribution in [-0.2, 0) is 6.42 Å². The number of ether oxygens (including phenoxy) is 1. The minimum absolute atomic E-state index is 0.364. The molecule has 1 aromatic heterocycles. The second-order valence-corrected chi connectivity index (χ2v) is 5.32. The Kier molecular flexibility index (Phi) is 3.30. The van der Waals surface area contributed by atoms with E-state index in [2.05, 4.69) is 16.9 Å². The molecule has 4 nitrogen and oxygen atoms in total. The molecule has 1 aliphatic carbocycles. The van der Waals surface area contributed by atoms with E-state index in [1.165, 1.54) is 18.4 Å². The van der Waals surface area contributed by atoms with Crippen LogP contribution < -0.4 is 10.5 Å². The Morgan fingerprint density at radius 3 is 2.65 bits per heavy atom. The van der Waals surface area contributed by atoms with Gasteiger partial charge in [0.25, 0.3) is 0 Å². The molecule has 1 unspecified atom stereocenters. The largest absolute Gasteiger partial charge is 0.497 e. The van der Waals surface area contributed by atoms with Crippen molar-refractivity contribution in [2.45, 2.75) is 32.1 Å². The Balaban J connectivity index is 2.12. The van der Waals surface area contributed by atoms with E-state index in [1.54, 1.807) is 7.11 Å². The third-order valence-corrected chi connectivity index (χ3v) is 3.95. The molecular formula is C16H19N3O. The lowest BCUT2D eigenvalue weighted by Crippen LogP contribution is -2.14. The van der Waals surface area contributed by atoms with Crippen molar-refractivity contribution in [2.75, 3.05) is 12.8 Å². The van der Waals surface area contributed by atoms with Crippen LogP contribution in [0.2, 0.25) is 0 Å². The van der Waals surface area contributed by atoms with Gasteiger partial charge >= 0.3 is 0 Å². The molecular weight excluding hydrogens is 250 g/mol. The van der Waals surface area contributed by atoms with Gasteiger partial charge in [-0.15, -0.1) is 0 Å². The Morgan fingerprint density at radius 1 is 1.20 bits per heavy atom. The molecule has 4 heteroatoms. The van der Waals surface area contributed by atoms with Gasteiger partial charge in [0.2, 0.25) is 5.95 Å². The van der Waals surface area contributed by atoms with Crippen molar-refractivity contribution in [1.29, 1.82) is 0 Å². The summed E-state index contributed by atoms with van der Waals surface area (Å²) in [5.41, 5.74) is 10.3. The molecule has 1 heterocycles. The highest BCUT2D eigenvalue weighted by Crippen LogP contribution is 2.35. The zero-order valence-corrected chi connectivity index (χ0v) is 11.9. The maximum atomic E-state index is 5.89. The van der Waals surface area contributed by atoms with E-state index in [-0.39, 0.29) is 0 Å². The van der Waals surface area contributed by atoms with Crippen LogP contribution in [0, 0.1) is 0 Å². The van der Waals surface area contributed by atoms with Gasteiger partial charge in [0.15, 0.2) is 0 Å². The molecule has 20 heavy (non-hydrogen) atoms. The predicted molar refractivity (Wildman–Crippen MR) is 79.8 cm³/mol. The molecule has 0 spiro atoms. The molecule has 0 saturated heterocycles. The van der Waals surface area contributed by atoms with E-state index in [0.29, 0.717) is 11.9 Å². The van der Waals surface area contributed by atoms with Gasteiger partial charge in [-0.3, -0.25) is 0 Å². The predicted octanol–water partition coefficient (Wildman–Crippen LogP) is 3.17. The summed E-state index contributed by atoms with van der Waals surface area (Å²) in [7, 11) is 1.67. The zero-order chi connectivity index (χ0) is 14.1. The van der Waals surface area contributed by atoms with E-state index in [4.69, 9.17) is 10.5 Å². The van der Waals surface area contributed by atoms with Gasteiger partial charge in [0.1, 0.15) is 5.75 Å². The zero-order valence-electron chi connectivity index (χ0n) is 11.9. The molecule has 2 aromatic rings. The Morgan fingerprint density at radius 2 is 1.95 bits per heavy atom. The van der Waals surface area contributed by atoms with Crippen LogP contribution in [0.25, 0.3) is 11.3 Å². The quantitative estimate of drug-likeness (QED) is 0.909. The van der Waals surface area contributed by atoms with E-state index in [1.807, 2.05) is 24.3 Å². The van der Waals surface area contributed by atoms with Crippen molar-refractivity contribution in [1.82, 2.24) is 9.97 Å². The summed E-state index contributed by atoms with van der Waals surface area (Å²) in [5, 5.41) is 0. The van der Waals surface area contributed by atoms with Gasteiger partial charge in [-0.05, 0) is 49.4 Å². The van der Waals surface area contributed by atoms with Gasteiger partial charge in [0, 0.05) is 11.1 Å². The molecule has 0 amide bonds. The lowest BCUT2D eigenvalue weighted by Gasteiger charge is -2.23. The molecule has 0 radical (unpaired) electrons. The Bertz CT molecular complexity index is 622. The number of nitrogens with two attached hydrogens (primary N) is 1. The third-order valence-electron chi connectivity index (χ3n) is 3.95. The number of anilines is 1. The fourth-order valence-electron chi connectivity index (χ4n) is 2.88. The lowest BCUT2D eigenvalue weighted by atomic mass is 9.86. The van der Waals surface area contributed by atoms with Crippen LogP contribution in [0.4, 0.5) is 5.95 Å². The van der Waals surface area contributed by atoms with Gasteiger partial charge < -0.3 is 10.5 Å². The number of hydrogen-bond acceptors (Lipinski definition) is 4. The number of nitrogens with zero attached hydrogens (tertiary/aromatic N) is 2. The summed E-state index contributed by atoms with van der Waals surface area (Å²) < 4.78 is 5.20. The lowest BCUT2D eigenvalue weighted by molar-refractivity contribution is 0.415. The summed E-state index contributed by atoms with van der Waals surface area (Å²) in [6.07, 6.45) is 3.39. The summed E-state index contributed by atoms with van der Waals surface area (Å²) in [6.45, 7) is 2.21. The summed E-state index contributed by atoms with van der Waals surface area (Å²) in [6, 6.07) is 7.96. The van der Waals surface area contributed by atoms with Crippen LogP contribution in [0.5, 0.6) is 5.75 Å². The van der Waals surface area contributed by atoms with Crippen LogP contribution in [0.15, 0.2) is 24.3 Å². The van der Waals surface area contributed by atoms with Gasteiger partial charge in [0.05, 0.1) is 18.5 Å². The van der Waals surface area contributed by atoms with E-state index >= 15 is 0 Å². The van der Waals surface area contributed by atoms with Crippen LogP contribution in [-0.4, -0.2) is 17.1 Å². The number of aromatic nitrogens is 2. The highest BCUT2D eigenvalue weighted by Gasteiger charge is 2.23. The number of benzene rings is 1. The summed E-state index contributed by atoms with van der Waals surface area (Å²) >= 11 is 0. The van der Waals surface area contributed by atoms with Gasteiger partial charge in [-0.2, -0.15) is 0 Å². The van der Waals surface area contributed by atoms with Crippen molar-refractivity contribution < 1.29 is 4.74 Å². The highest BCUT2D eigenvalue weighted by atomic mass is 16.5. The molecule has 0 bridgehead atoms. The molecule has 1 atom stereocenters. The smallest absolute Gasteiger partial charge is 0.220 e. The van der Waals surface area contributed by atoms with Crippen LogP contribution in [0.1, 0.15) is 36.9 Å². The van der Waals surface area contributed by atoms with Crippen molar-refractivity contribution in [2.24, 2.45) is 0 Å². The fourth-order valence-corrected chi connectivity index (χ4v) is 2.88. The minimum Gasteiger partial charge on any atom is -0.497 e. The molecule has 3 rings (SSSR count). The van der Waals surface area contributed by atoms with E-state index in [9.17, 15) is 0 Å². The summed E-state index contributed by atoms with van der Waals surface area (Å²) in [4.78, 5) is 8.93. The van der Waals surface area contributed by atoms with Gasteiger partial charge in [-0.25, -0.2) is 9.97 Å². The molecule has 104 valence electrons. The fraction of sp³-hybridized carbons (Fsp3) is 0.375. The number of nitrogen functional groups attached to an aromatic ring is 1. The molecule has 2 N–H and O–H groups in total. The second kappa shape index (κ2) is 5.12. The maximum absolute atomic E-state index is 5.89.